The molecule has 6 nitrogen and oxygen atoms in total. The number of carbonyl (C=O) groups excluding carboxylic acids is 1. The van der Waals surface area contributed by atoms with Gasteiger partial charge in [-0.25, -0.2) is 14.8 Å². The van der Waals surface area contributed by atoms with Crippen molar-refractivity contribution in [1.82, 2.24) is 9.97 Å². The van der Waals surface area contributed by atoms with Gasteiger partial charge in [0.2, 0.25) is 0 Å². The van der Waals surface area contributed by atoms with E-state index in [9.17, 15) is 4.79 Å². The number of hydrogen-bond acceptors (Lipinski definition) is 8. The van der Waals surface area contributed by atoms with Crippen LogP contribution < -0.4 is 9.47 Å². The second-order valence-corrected chi connectivity index (χ2v) is 10.0. The van der Waals surface area contributed by atoms with E-state index in [1.54, 1.807) is 44.2 Å². The fourth-order valence-corrected chi connectivity index (χ4v) is 5.99. The molecule has 0 atom stereocenters. The van der Waals surface area contributed by atoms with E-state index in [1.165, 1.54) is 5.56 Å². The number of nitrogens with zero attached hydrogens (tertiary/aromatic N) is 2. The number of aryl methyl sites for hydroxylation is 2. The van der Waals surface area contributed by atoms with E-state index >= 15 is 0 Å². The number of aromatic nitrogens is 2. The van der Waals surface area contributed by atoms with Gasteiger partial charge >= 0.3 is 5.97 Å². The zero-order valence-corrected chi connectivity index (χ0v) is 22.6. The van der Waals surface area contributed by atoms with Crippen LogP contribution in [-0.2, 0) is 10.5 Å². The summed E-state index contributed by atoms with van der Waals surface area (Å²) in [4.78, 5) is 23.5. The van der Waals surface area contributed by atoms with Gasteiger partial charge in [0.25, 0.3) is 0 Å². The summed E-state index contributed by atoms with van der Waals surface area (Å²) in [5, 5.41) is 0.759. The van der Waals surface area contributed by atoms with Crippen molar-refractivity contribution in [2.75, 3.05) is 20.8 Å². The van der Waals surface area contributed by atoms with Gasteiger partial charge in [0.1, 0.15) is 0 Å². The van der Waals surface area contributed by atoms with Crippen LogP contribution in [0.5, 0.6) is 11.5 Å². The Morgan fingerprint density at radius 2 is 1.56 bits per heavy atom. The minimum atomic E-state index is -0.316. The first-order chi connectivity index (χ1) is 17.4. The molecule has 0 aliphatic carbocycles. The number of methoxy groups -OCH3 is 2. The maximum atomic E-state index is 12.1. The van der Waals surface area contributed by atoms with Gasteiger partial charge in [-0.1, -0.05) is 23.9 Å². The molecule has 4 rings (SSSR count). The Bertz CT molecular complexity index is 1350. The summed E-state index contributed by atoms with van der Waals surface area (Å²) in [7, 11) is 3.27. The summed E-state index contributed by atoms with van der Waals surface area (Å²) in [6, 6.07) is 17.7. The Morgan fingerprint density at radius 1 is 0.889 bits per heavy atom. The molecular formula is C28H28N2O4S2. The molecule has 2 aromatic heterocycles. The van der Waals surface area contributed by atoms with E-state index in [4.69, 9.17) is 14.2 Å². The molecule has 0 saturated heterocycles. The lowest BCUT2D eigenvalue weighted by molar-refractivity contribution is 0.0526. The molecule has 0 aliphatic heterocycles. The third-order valence-corrected chi connectivity index (χ3v) is 7.63. The van der Waals surface area contributed by atoms with Gasteiger partial charge in [-0.2, -0.15) is 0 Å². The molecule has 0 spiro atoms. The Hall–Kier alpha value is -3.36. The monoisotopic (exact) mass is 520 g/mol. The zero-order chi connectivity index (χ0) is 25.7. The number of thiophene rings is 1. The molecule has 4 aromatic rings. The van der Waals surface area contributed by atoms with Crippen molar-refractivity contribution in [3.63, 3.8) is 0 Å². The summed E-state index contributed by atoms with van der Waals surface area (Å²) in [5.41, 5.74) is 5.70. The van der Waals surface area contributed by atoms with Crippen LogP contribution in [0.4, 0.5) is 0 Å². The average Bonchev–Trinajstić information content (AvgIpc) is 3.31. The lowest BCUT2D eigenvalue weighted by Crippen LogP contribution is -2.03. The summed E-state index contributed by atoms with van der Waals surface area (Å²) in [5.74, 6) is 1.77. The second kappa shape index (κ2) is 11.6. The molecule has 2 heterocycles. The van der Waals surface area contributed by atoms with Gasteiger partial charge in [0, 0.05) is 26.9 Å². The molecule has 0 amide bonds. The van der Waals surface area contributed by atoms with Crippen molar-refractivity contribution in [2.45, 2.75) is 31.7 Å². The van der Waals surface area contributed by atoms with E-state index in [-0.39, 0.29) is 5.97 Å². The first kappa shape index (κ1) is 25.7. The minimum absolute atomic E-state index is 0.316. The summed E-state index contributed by atoms with van der Waals surface area (Å²) in [6.07, 6.45) is 0. The minimum Gasteiger partial charge on any atom is -0.493 e. The summed E-state index contributed by atoms with van der Waals surface area (Å²) >= 11 is 3.31. The predicted molar refractivity (Wildman–Crippen MR) is 145 cm³/mol. The molecule has 186 valence electrons. The number of ether oxygens (including phenoxy) is 3. The van der Waals surface area contributed by atoms with Crippen LogP contribution in [0.2, 0.25) is 0 Å². The summed E-state index contributed by atoms with van der Waals surface area (Å²) in [6.45, 7) is 6.11. The Balaban J connectivity index is 1.71. The molecule has 0 N–H and O–H groups in total. The third kappa shape index (κ3) is 5.88. The fraction of sp³-hybridized carbons (Fsp3) is 0.250. The SMILES string of the molecule is CCOC(=O)c1ccc(-c2sc(-c3ccc(OC)c(OC)c3)cc2CSc2nc(C)cc(C)n2)cc1. The van der Waals surface area contributed by atoms with Gasteiger partial charge < -0.3 is 14.2 Å². The highest BCUT2D eigenvalue weighted by Gasteiger charge is 2.16. The van der Waals surface area contributed by atoms with E-state index in [0.29, 0.717) is 29.4 Å². The van der Waals surface area contributed by atoms with Crippen LogP contribution in [0.25, 0.3) is 20.9 Å². The highest BCUT2D eigenvalue weighted by Crippen LogP contribution is 2.42. The number of rotatable bonds is 9. The van der Waals surface area contributed by atoms with E-state index in [0.717, 1.165) is 37.4 Å². The van der Waals surface area contributed by atoms with Gasteiger partial charge in [-0.15, -0.1) is 11.3 Å². The molecule has 0 saturated carbocycles. The molecule has 0 aliphatic rings. The van der Waals surface area contributed by atoms with Gasteiger partial charge in [-0.3, -0.25) is 0 Å². The lowest BCUT2D eigenvalue weighted by atomic mass is 10.1. The van der Waals surface area contributed by atoms with Crippen LogP contribution in [0.3, 0.4) is 0 Å². The maximum Gasteiger partial charge on any atom is 0.338 e. The number of thioether (sulfide) groups is 1. The highest BCUT2D eigenvalue weighted by atomic mass is 32.2. The van der Waals surface area contributed by atoms with Crippen molar-refractivity contribution in [3.8, 4) is 32.4 Å². The molecule has 0 bridgehead atoms. The largest absolute Gasteiger partial charge is 0.493 e. The Labute approximate surface area is 219 Å². The van der Waals surface area contributed by atoms with Crippen molar-refractivity contribution in [3.05, 3.63) is 77.1 Å². The van der Waals surface area contributed by atoms with Crippen molar-refractivity contribution in [1.29, 1.82) is 0 Å². The van der Waals surface area contributed by atoms with E-state index in [2.05, 4.69) is 16.0 Å². The zero-order valence-electron chi connectivity index (χ0n) is 21.0. The quantitative estimate of drug-likeness (QED) is 0.134. The molecule has 0 radical (unpaired) electrons. The molecule has 0 fully saturated rings. The Morgan fingerprint density at radius 3 is 2.19 bits per heavy atom. The number of carbonyl (C=O) groups is 1. The number of benzene rings is 2. The highest BCUT2D eigenvalue weighted by molar-refractivity contribution is 7.98. The third-order valence-electron chi connectivity index (χ3n) is 5.45. The van der Waals surface area contributed by atoms with Gasteiger partial charge in [-0.05, 0) is 79.9 Å². The van der Waals surface area contributed by atoms with Crippen molar-refractivity contribution in [2.24, 2.45) is 0 Å². The maximum absolute atomic E-state index is 12.1. The number of hydrogen-bond donors (Lipinski definition) is 0. The van der Waals surface area contributed by atoms with Crippen LogP contribution in [0.15, 0.2) is 59.8 Å². The lowest BCUT2D eigenvalue weighted by Gasteiger charge is -2.08. The fourth-order valence-electron chi connectivity index (χ4n) is 3.78. The normalized spacial score (nSPS) is 10.8. The first-order valence-electron chi connectivity index (χ1n) is 11.5. The van der Waals surface area contributed by atoms with Crippen LogP contribution in [0, 0.1) is 13.8 Å². The summed E-state index contributed by atoms with van der Waals surface area (Å²) < 4.78 is 16.1. The Kier molecular flexibility index (Phi) is 8.28. The van der Waals surface area contributed by atoms with Crippen molar-refractivity contribution >= 4 is 29.1 Å². The first-order valence-corrected chi connectivity index (χ1v) is 13.3. The second-order valence-electron chi connectivity index (χ2n) is 8.05. The van der Waals surface area contributed by atoms with Crippen LogP contribution >= 0.6 is 23.1 Å². The molecule has 2 aromatic carbocycles. The standard InChI is InChI=1S/C28H28N2O4S2/c1-6-34-27(31)20-9-7-19(8-10-20)26-22(16-35-28-29-17(2)13-18(3)30-28)15-25(36-26)21-11-12-23(32-4)24(14-21)33-5/h7-15H,6,16H2,1-5H3. The molecular weight excluding hydrogens is 492 g/mol. The van der Waals surface area contributed by atoms with Gasteiger partial charge in [0.15, 0.2) is 16.7 Å². The number of esters is 1. The van der Waals surface area contributed by atoms with E-state index < -0.39 is 0 Å². The molecule has 8 heteroatoms. The molecule has 0 unspecified atom stereocenters. The predicted octanol–water partition coefficient (Wildman–Crippen LogP) is 6.98. The van der Waals surface area contributed by atoms with Crippen molar-refractivity contribution < 1.29 is 19.0 Å². The topological polar surface area (TPSA) is 70.5 Å². The van der Waals surface area contributed by atoms with Crippen LogP contribution in [0.1, 0.15) is 34.2 Å². The van der Waals surface area contributed by atoms with Crippen LogP contribution in [-0.4, -0.2) is 36.8 Å². The molecule has 36 heavy (non-hydrogen) atoms. The van der Waals surface area contributed by atoms with Gasteiger partial charge in [0.05, 0.1) is 26.4 Å². The van der Waals surface area contributed by atoms with E-state index in [1.807, 2.05) is 62.4 Å². The average molecular weight is 521 g/mol. The smallest absolute Gasteiger partial charge is 0.338 e.